The van der Waals surface area contributed by atoms with Crippen molar-refractivity contribution >= 4 is 23.6 Å². The molecule has 25 heavy (non-hydrogen) atoms. The topological polar surface area (TPSA) is 55.8 Å². The minimum atomic E-state index is -0.735. The highest BCUT2D eigenvalue weighted by atomic mass is 16.5. The second-order valence-electron chi connectivity index (χ2n) is 5.66. The summed E-state index contributed by atoms with van der Waals surface area (Å²) in [6.45, 7) is 3.54. The minimum Gasteiger partial charge on any atom is -0.497 e. The van der Waals surface area contributed by atoms with Gasteiger partial charge >= 0.3 is 0 Å². The summed E-state index contributed by atoms with van der Waals surface area (Å²) in [5, 5.41) is 0. The fourth-order valence-corrected chi connectivity index (χ4v) is 2.76. The maximum Gasteiger partial charge on any atom is 0.274 e. The van der Waals surface area contributed by atoms with E-state index in [0.717, 1.165) is 5.56 Å². The van der Waals surface area contributed by atoms with Crippen LogP contribution in [0.5, 0.6) is 11.5 Å². The van der Waals surface area contributed by atoms with Gasteiger partial charge in [0.1, 0.15) is 5.75 Å². The first-order chi connectivity index (χ1) is 12.1. The van der Waals surface area contributed by atoms with Gasteiger partial charge in [-0.1, -0.05) is 24.3 Å². The van der Waals surface area contributed by atoms with E-state index < -0.39 is 6.10 Å². The number of fused-ring (bicyclic) bond motifs is 1. The number of methoxy groups -OCH3 is 1. The third-order valence-electron chi connectivity index (χ3n) is 4.01. The van der Waals surface area contributed by atoms with Crippen molar-refractivity contribution in [3.05, 3.63) is 59.7 Å². The Morgan fingerprint density at radius 1 is 1.20 bits per heavy atom. The fraction of sp³-hybridized carbons (Fsp3) is 0.200. The smallest absolute Gasteiger partial charge is 0.274 e. The van der Waals surface area contributed by atoms with Crippen LogP contribution in [0.3, 0.4) is 0 Å². The number of rotatable bonds is 3. The summed E-state index contributed by atoms with van der Waals surface area (Å²) in [7, 11) is 1.56. The lowest BCUT2D eigenvalue weighted by atomic mass is 10.1. The van der Waals surface area contributed by atoms with Gasteiger partial charge in [0.25, 0.3) is 11.8 Å². The number of para-hydroxylation sites is 1. The maximum absolute atomic E-state index is 13.0. The molecule has 2 aromatic rings. The molecular formula is C20H19NO4. The molecule has 3 rings (SSSR count). The SMILES string of the molecule is CC=Cc1cccc2c1OC(C)C(=O)N2C(=O)c1ccc(OC)cc1. The van der Waals surface area contributed by atoms with Crippen molar-refractivity contribution < 1.29 is 19.1 Å². The van der Waals surface area contributed by atoms with Crippen molar-refractivity contribution in [1.29, 1.82) is 0 Å². The Hall–Kier alpha value is -3.08. The van der Waals surface area contributed by atoms with Crippen molar-refractivity contribution in [3.63, 3.8) is 0 Å². The van der Waals surface area contributed by atoms with Crippen LogP contribution in [0.4, 0.5) is 5.69 Å². The van der Waals surface area contributed by atoms with Crippen LogP contribution in [0.2, 0.25) is 0 Å². The highest BCUT2D eigenvalue weighted by molar-refractivity contribution is 6.23. The molecule has 0 N–H and O–H groups in total. The largest absolute Gasteiger partial charge is 0.497 e. The predicted octanol–water partition coefficient (Wildman–Crippen LogP) is 3.68. The van der Waals surface area contributed by atoms with Gasteiger partial charge in [-0.05, 0) is 44.2 Å². The number of amides is 2. The van der Waals surface area contributed by atoms with Crippen molar-refractivity contribution in [2.24, 2.45) is 0 Å². The number of hydrogen-bond donors (Lipinski definition) is 0. The van der Waals surface area contributed by atoms with E-state index in [9.17, 15) is 9.59 Å². The lowest BCUT2D eigenvalue weighted by molar-refractivity contribution is -0.124. The number of anilines is 1. The second kappa shape index (κ2) is 6.81. The molecule has 0 radical (unpaired) electrons. The van der Waals surface area contributed by atoms with Crippen LogP contribution in [0.1, 0.15) is 29.8 Å². The zero-order chi connectivity index (χ0) is 18.0. The molecule has 5 nitrogen and oxygen atoms in total. The molecule has 2 aromatic carbocycles. The van der Waals surface area contributed by atoms with Crippen LogP contribution in [-0.2, 0) is 4.79 Å². The summed E-state index contributed by atoms with van der Waals surface area (Å²) in [4.78, 5) is 26.8. The molecule has 1 heterocycles. The molecule has 0 saturated heterocycles. The number of ether oxygens (including phenoxy) is 2. The first-order valence-corrected chi connectivity index (χ1v) is 8.01. The first kappa shape index (κ1) is 16.8. The number of allylic oxidation sites excluding steroid dienone is 1. The standard InChI is InChI=1S/C20H19NO4/c1-4-6-14-7-5-8-17-18(14)25-13(2)19(22)21(17)20(23)15-9-11-16(24-3)12-10-15/h4-13H,1-3H3. The van der Waals surface area contributed by atoms with Crippen LogP contribution < -0.4 is 14.4 Å². The summed E-state index contributed by atoms with van der Waals surface area (Å²) in [5.41, 5.74) is 1.69. The van der Waals surface area contributed by atoms with Crippen molar-refractivity contribution in [2.45, 2.75) is 20.0 Å². The van der Waals surface area contributed by atoms with Gasteiger partial charge in [0.2, 0.25) is 0 Å². The molecule has 0 fully saturated rings. The Kier molecular flexibility index (Phi) is 4.57. The van der Waals surface area contributed by atoms with E-state index in [4.69, 9.17) is 9.47 Å². The number of hydrogen-bond acceptors (Lipinski definition) is 4. The molecule has 128 valence electrons. The predicted molar refractivity (Wildman–Crippen MR) is 96.1 cm³/mol. The van der Waals surface area contributed by atoms with E-state index in [-0.39, 0.29) is 11.8 Å². The monoisotopic (exact) mass is 337 g/mol. The van der Waals surface area contributed by atoms with Gasteiger partial charge < -0.3 is 9.47 Å². The third kappa shape index (κ3) is 3.01. The zero-order valence-electron chi connectivity index (χ0n) is 14.4. The zero-order valence-corrected chi connectivity index (χ0v) is 14.4. The molecule has 1 aliphatic heterocycles. The summed E-state index contributed by atoms with van der Waals surface area (Å²) in [6, 6.07) is 12.1. The first-order valence-electron chi connectivity index (χ1n) is 8.01. The summed E-state index contributed by atoms with van der Waals surface area (Å²) in [5.74, 6) is 0.413. The highest BCUT2D eigenvalue weighted by Crippen LogP contribution is 2.38. The van der Waals surface area contributed by atoms with Gasteiger partial charge in [-0.3, -0.25) is 9.59 Å². The van der Waals surface area contributed by atoms with E-state index in [1.807, 2.05) is 25.1 Å². The maximum atomic E-state index is 13.0. The Bertz CT molecular complexity index is 839. The van der Waals surface area contributed by atoms with Crippen LogP contribution in [0.25, 0.3) is 6.08 Å². The van der Waals surface area contributed by atoms with Gasteiger partial charge in [-0.25, -0.2) is 4.90 Å². The van der Waals surface area contributed by atoms with Crippen molar-refractivity contribution in [2.75, 3.05) is 12.0 Å². The lowest BCUT2D eigenvalue weighted by Crippen LogP contribution is -2.47. The van der Waals surface area contributed by atoms with Crippen LogP contribution in [0, 0.1) is 0 Å². The Balaban J connectivity index is 2.07. The minimum absolute atomic E-state index is 0.383. The molecule has 2 amide bonds. The average molecular weight is 337 g/mol. The van der Waals surface area contributed by atoms with E-state index in [0.29, 0.717) is 22.7 Å². The molecule has 0 bridgehead atoms. The van der Waals surface area contributed by atoms with Gasteiger partial charge in [0, 0.05) is 11.1 Å². The van der Waals surface area contributed by atoms with E-state index in [2.05, 4.69) is 0 Å². The van der Waals surface area contributed by atoms with Gasteiger partial charge in [0.05, 0.1) is 12.8 Å². The van der Waals surface area contributed by atoms with Crippen LogP contribution in [-0.4, -0.2) is 25.0 Å². The fourth-order valence-electron chi connectivity index (χ4n) is 2.76. The lowest BCUT2D eigenvalue weighted by Gasteiger charge is -2.32. The molecule has 5 heteroatoms. The third-order valence-corrected chi connectivity index (χ3v) is 4.01. The number of benzene rings is 2. The molecule has 1 unspecified atom stereocenters. The van der Waals surface area contributed by atoms with Gasteiger partial charge in [-0.15, -0.1) is 0 Å². The second-order valence-corrected chi connectivity index (χ2v) is 5.66. The number of carbonyl (C=O) groups excluding carboxylic acids is 2. The number of carbonyl (C=O) groups is 2. The van der Waals surface area contributed by atoms with Crippen molar-refractivity contribution in [1.82, 2.24) is 0 Å². The normalized spacial score (nSPS) is 16.5. The van der Waals surface area contributed by atoms with Crippen molar-refractivity contribution in [3.8, 4) is 11.5 Å². The highest BCUT2D eigenvalue weighted by Gasteiger charge is 2.37. The number of nitrogens with zero attached hydrogens (tertiary/aromatic N) is 1. The Labute approximate surface area is 146 Å². The van der Waals surface area contributed by atoms with Crippen LogP contribution >= 0.6 is 0 Å². The number of imide groups is 1. The Morgan fingerprint density at radius 2 is 1.92 bits per heavy atom. The summed E-state index contributed by atoms with van der Waals surface area (Å²) in [6.07, 6.45) is 3.04. The molecule has 0 spiro atoms. The van der Waals surface area contributed by atoms with Gasteiger partial charge in [-0.2, -0.15) is 0 Å². The average Bonchev–Trinajstić information content (AvgIpc) is 2.63. The molecule has 0 aromatic heterocycles. The molecule has 1 aliphatic rings. The Morgan fingerprint density at radius 3 is 2.56 bits per heavy atom. The molecule has 0 aliphatic carbocycles. The van der Waals surface area contributed by atoms with Gasteiger partial charge in [0.15, 0.2) is 11.9 Å². The van der Waals surface area contributed by atoms with E-state index in [1.54, 1.807) is 50.4 Å². The van der Waals surface area contributed by atoms with E-state index >= 15 is 0 Å². The van der Waals surface area contributed by atoms with Crippen LogP contribution in [0.15, 0.2) is 48.5 Å². The molecule has 1 atom stereocenters. The summed E-state index contributed by atoms with van der Waals surface area (Å²) < 4.78 is 10.9. The molecular weight excluding hydrogens is 318 g/mol. The van der Waals surface area contributed by atoms with E-state index in [1.165, 1.54) is 4.90 Å². The summed E-state index contributed by atoms with van der Waals surface area (Å²) >= 11 is 0. The quantitative estimate of drug-likeness (QED) is 0.802. The molecule has 0 saturated carbocycles.